The van der Waals surface area contributed by atoms with Crippen LogP contribution in [0.3, 0.4) is 0 Å². The second-order valence-corrected chi connectivity index (χ2v) is 5.86. The monoisotopic (exact) mass is 298 g/mol. The fraction of sp³-hybridized carbons (Fsp3) is 0.800. The number of hydrogen-bond donors (Lipinski definition) is 3. The zero-order chi connectivity index (χ0) is 15.7. The number of carbonyl (C=O) groups is 3. The highest BCUT2D eigenvalue weighted by Gasteiger charge is 2.41. The molecule has 1 fully saturated rings. The zero-order valence-corrected chi connectivity index (χ0v) is 12.7. The van der Waals surface area contributed by atoms with Crippen LogP contribution in [-0.2, 0) is 14.4 Å². The van der Waals surface area contributed by atoms with E-state index in [2.05, 4.69) is 10.6 Å². The van der Waals surface area contributed by atoms with E-state index in [1.807, 2.05) is 0 Å². The van der Waals surface area contributed by atoms with Crippen molar-refractivity contribution in [1.29, 1.82) is 0 Å². The van der Waals surface area contributed by atoms with E-state index in [0.717, 1.165) is 32.1 Å². The molecular formula is C15H26N2O4. The average molecular weight is 298 g/mol. The number of aliphatic carboxylic acids is 1. The molecule has 0 heterocycles. The summed E-state index contributed by atoms with van der Waals surface area (Å²) >= 11 is 0. The molecule has 1 saturated carbocycles. The number of unbranched alkanes of at least 4 members (excludes halogenated alkanes) is 2. The van der Waals surface area contributed by atoms with Crippen molar-refractivity contribution in [3.8, 4) is 0 Å². The van der Waals surface area contributed by atoms with Gasteiger partial charge >= 0.3 is 5.97 Å². The first kappa shape index (κ1) is 17.5. The Morgan fingerprint density at radius 2 is 1.71 bits per heavy atom. The van der Waals surface area contributed by atoms with Crippen molar-refractivity contribution in [1.82, 2.24) is 10.6 Å². The first-order valence-corrected chi connectivity index (χ1v) is 7.71. The summed E-state index contributed by atoms with van der Waals surface area (Å²) in [5.41, 5.74) is -0.749. The van der Waals surface area contributed by atoms with Gasteiger partial charge in [-0.25, -0.2) is 0 Å². The minimum Gasteiger partial charge on any atom is -0.481 e. The number of nitrogens with one attached hydrogen (secondary N) is 2. The summed E-state index contributed by atoms with van der Waals surface area (Å²) in [6, 6.07) is 0. The van der Waals surface area contributed by atoms with Crippen LogP contribution >= 0.6 is 0 Å². The molecule has 6 nitrogen and oxygen atoms in total. The molecule has 0 aromatic carbocycles. The van der Waals surface area contributed by atoms with Gasteiger partial charge in [-0.2, -0.15) is 0 Å². The third-order valence-electron chi connectivity index (χ3n) is 4.09. The van der Waals surface area contributed by atoms with E-state index in [1.54, 1.807) is 0 Å². The highest BCUT2D eigenvalue weighted by atomic mass is 16.4. The number of carboxylic acid groups (broad SMARTS) is 1. The Bertz CT molecular complexity index is 376. The lowest BCUT2D eigenvalue weighted by atomic mass is 9.86. The van der Waals surface area contributed by atoms with Crippen molar-refractivity contribution in [3.05, 3.63) is 0 Å². The van der Waals surface area contributed by atoms with Crippen LogP contribution < -0.4 is 10.6 Å². The molecule has 3 N–H and O–H groups in total. The summed E-state index contributed by atoms with van der Waals surface area (Å²) in [5, 5.41) is 14.8. The Kier molecular flexibility index (Phi) is 7.19. The molecule has 0 unspecified atom stereocenters. The molecule has 0 saturated heterocycles. The molecule has 0 bridgehead atoms. The average Bonchev–Trinajstić information content (AvgIpc) is 2.90. The summed E-state index contributed by atoms with van der Waals surface area (Å²) in [5.74, 6) is -0.916. The van der Waals surface area contributed by atoms with Gasteiger partial charge in [0, 0.05) is 26.4 Å². The van der Waals surface area contributed by atoms with E-state index >= 15 is 0 Å². The summed E-state index contributed by atoms with van der Waals surface area (Å²) < 4.78 is 0. The highest BCUT2D eigenvalue weighted by molar-refractivity contribution is 5.79. The minimum atomic E-state index is -0.796. The van der Waals surface area contributed by atoms with Crippen molar-refractivity contribution in [2.24, 2.45) is 5.41 Å². The maximum absolute atomic E-state index is 11.7. The molecule has 1 rings (SSSR count). The van der Waals surface area contributed by atoms with Crippen LogP contribution in [0.5, 0.6) is 0 Å². The first-order valence-electron chi connectivity index (χ1n) is 7.71. The lowest BCUT2D eigenvalue weighted by Gasteiger charge is -2.23. The summed E-state index contributed by atoms with van der Waals surface area (Å²) in [6.45, 7) is 2.36. The third-order valence-corrected chi connectivity index (χ3v) is 4.09. The molecule has 120 valence electrons. The lowest BCUT2D eigenvalue weighted by molar-refractivity contribution is -0.148. The van der Waals surface area contributed by atoms with Crippen LogP contribution in [0.25, 0.3) is 0 Å². The third kappa shape index (κ3) is 6.14. The van der Waals surface area contributed by atoms with Gasteiger partial charge in [0.2, 0.25) is 11.8 Å². The van der Waals surface area contributed by atoms with Crippen molar-refractivity contribution >= 4 is 17.8 Å². The highest BCUT2D eigenvalue weighted by Crippen LogP contribution is 2.37. The SMILES string of the molecule is CC(=O)NCCCCCC(=O)NCC1(C(=O)O)CCCC1. The quantitative estimate of drug-likeness (QED) is 0.561. The van der Waals surface area contributed by atoms with Crippen LogP contribution in [0.2, 0.25) is 0 Å². The molecular weight excluding hydrogens is 272 g/mol. The lowest BCUT2D eigenvalue weighted by Crippen LogP contribution is -2.41. The van der Waals surface area contributed by atoms with Gasteiger partial charge in [-0.1, -0.05) is 19.3 Å². The maximum atomic E-state index is 11.7. The first-order chi connectivity index (χ1) is 9.96. The molecule has 0 spiro atoms. The standard InChI is InChI=1S/C15H26N2O4/c1-12(18)16-10-6-2-3-7-13(19)17-11-15(14(20)21)8-4-5-9-15/h2-11H2,1H3,(H,16,18)(H,17,19)(H,20,21). The van der Waals surface area contributed by atoms with Crippen molar-refractivity contribution in [2.75, 3.05) is 13.1 Å². The molecule has 0 radical (unpaired) electrons. The molecule has 21 heavy (non-hydrogen) atoms. The molecule has 0 aromatic rings. The Hall–Kier alpha value is -1.59. The van der Waals surface area contributed by atoms with Crippen molar-refractivity contribution in [3.63, 3.8) is 0 Å². The number of hydrogen-bond acceptors (Lipinski definition) is 3. The Morgan fingerprint density at radius 1 is 1.05 bits per heavy atom. The van der Waals surface area contributed by atoms with Crippen molar-refractivity contribution in [2.45, 2.75) is 58.3 Å². The second-order valence-electron chi connectivity index (χ2n) is 5.86. The predicted octanol–water partition coefficient (Wildman–Crippen LogP) is 1.44. The van der Waals surface area contributed by atoms with E-state index in [-0.39, 0.29) is 18.4 Å². The van der Waals surface area contributed by atoms with E-state index in [4.69, 9.17) is 0 Å². The number of carbonyl (C=O) groups excluding carboxylic acids is 2. The van der Waals surface area contributed by atoms with Gasteiger partial charge in [-0.3, -0.25) is 14.4 Å². The normalized spacial score (nSPS) is 16.4. The van der Waals surface area contributed by atoms with Gasteiger partial charge in [-0.05, 0) is 25.7 Å². The maximum Gasteiger partial charge on any atom is 0.311 e. The zero-order valence-electron chi connectivity index (χ0n) is 12.7. The fourth-order valence-electron chi connectivity index (χ4n) is 2.73. The van der Waals surface area contributed by atoms with E-state index in [0.29, 0.717) is 25.8 Å². The molecule has 1 aliphatic rings. The smallest absolute Gasteiger partial charge is 0.311 e. The van der Waals surface area contributed by atoms with E-state index < -0.39 is 11.4 Å². The Balaban J connectivity index is 2.13. The van der Waals surface area contributed by atoms with Gasteiger partial charge in [-0.15, -0.1) is 0 Å². The molecule has 0 aromatic heterocycles. The summed E-state index contributed by atoms with van der Waals surface area (Å²) in [7, 11) is 0. The largest absolute Gasteiger partial charge is 0.481 e. The number of rotatable bonds is 9. The number of carboxylic acids is 1. The van der Waals surface area contributed by atoms with Crippen LogP contribution in [0.15, 0.2) is 0 Å². The van der Waals surface area contributed by atoms with Gasteiger partial charge in [0.25, 0.3) is 0 Å². The molecule has 6 heteroatoms. The Labute approximate surface area is 125 Å². The minimum absolute atomic E-state index is 0.0386. The molecule has 0 atom stereocenters. The second kappa shape index (κ2) is 8.64. The molecule has 0 aliphatic heterocycles. The van der Waals surface area contributed by atoms with Crippen LogP contribution in [-0.4, -0.2) is 36.0 Å². The van der Waals surface area contributed by atoms with Gasteiger partial charge in [0.15, 0.2) is 0 Å². The Morgan fingerprint density at radius 3 is 2.29 bits per heavy atom. The van der Waals surface area contributed by atoms with Gasteiger partial charge in [0.05, 0.1) is 5.41 Å². The summed E-state index contributed by atoms with van der Waals surface area (Å²) in [6.07, 6.45) is 6.04. The topological polar surface area (TPSA) is 95.5 Å². The van der Waals surface area contributed by atoms with Crippen LogP contribution in [0.1, 0.15) is 58.3 Å². The molecule has 1 aliphatic carbocycles. The number of amides is 2. The van der Waals surface area contributed by atoms with Crippen LogP contribution in [0, 0.1) is 5.41 Å². The van der Waals surface area contributed by atoms with E-state index in [9.17, 15) is 19.5 Å². The van der Waals surface area contributed by atoms with Crippen LogP contribution in [0.4, 0.5) is 0 Å². The van der Waals surface area contributed by atoms with E-state index in [1.165, 1.54) is 6.92 Å². The van der Waals surface area contributed by atoms with Gasteiger partial charge in [0.1, 0.15) is 0 Å². The summed E-state index contributed by atoms with van der Waals surface area (Å²) in [4.78, 5) is 33.7. The molecule has 2 amide bonds. The van der Waals surface area contributed by atoms with Crippen molar-refractivity contribution < 1.29 is 19.5 Å². The fourth-order valence-corrected chi connectivity index (χ4v) is 2.73. The predicted molar refractivity (Wildman–Crippen MR) is 78.7 cm³/mol. The van der Waals surface area contributed by atoms with Gasteiger partial charge < -0.3 is 15.7 Å².